The third-order valence-electron chi connectivity index (χ3n) is 2.15. The molecule has 4 heteroatoms. The first-order valence-electron chi connectivity index (χ1n) is 4.73. The third-order valence-corrected chi connectivity index (χ3v) is 2.15. The Bertz CT molecular complexity index is 371. The molecule has 3 nitrogen and oxygen atoms in total. The minimum Gasteiger partial charge on any atom is -0.398 e. The molecule has 0 bridgehead atoms. The molecule has 0 heterocycles. The second-order valence-corrected chi connectivity index (χ2v) is 3.49. The Balaban J connectivity index is 2.61. The minimum absolute atomic E-state index is 0.323. The predicted octanol–water partition coefficient (Wildman–Crippen LogP) is 1.75. The van der Waals surface area contributed by atoms with Gasteiger partial charge >= 0.3 is 0 Å². The largest absolute Gasteiger partial charge is 0.398 e. The van der Waals surface area contributed by atoms with Crippen molar-refractivity contribution >= 4 is 5.69 Å². The van der Waals surface area contributed by atoms with Gasteiger partial charge in [0, 0.05) is 25.2 Å². The number of rotatable bonds is 4. The zero-order valence-corrected chi connectivity index (χ0v) is 8.70. The maximum atomic E-state index is 12.8. The van der Waals surface area contributed by atoms with Gasteiger partial charge in [-0.3, -0.25) is 0 Å². The van der Waals surface area contributed by atoms with Crippen LogP contribution in [0.4, 0.5) is 10.1 Å². The van der Waals surface area contributed by atoms with E-state index in [4.69, 9.17) is 11.0 Å². The molecule has 0 atom stereocenters. The van der Waals surface area contributed by atoms with Crippen LogP contribution in [0, 0.1) is 17.1 Å². The van der Waals surface area contributed by atoms with Gasteiger partial charge in [0.15, 0.2) is 0 Å². The van der Waals surface area contributed by atoms with Crippen LogP contribution < -0.4 is 5.73 Å². The molecule has 0 radical (unpaired) electrons. The fourth-order valence-corrected chi connectivity index (χ4v) is 1.32. The summed E-state index contributed by atoms with van der Waals surface area (Å²) in [5.41, 5.74) is 7.01. The molecule has 1 aromatic carbocycles. The Morgan fingerprint density at radius 1 is 1.53 bits per heavy atom. The van der Waals surface area contributed by atoms with E-state index in [2.05, 4.69) is 6.07 Å². The number of anilines is 1. The van der Waals surface area contributed by atoms with Crippen LogP contribution in [-0.4, -0.2) is 18.5 Å². The average molecular weight is 207 g/mol. The monoisotopic (exact) mass is 207 g/mol. The summed E-state index contributed by atoms with van der Waals surface area (Å²) in [6.45, 7) is 1.32. The highest BCUT2D eigenvalue weighted by Gasteiger charge is 2.04. The maximum Gasteiger partial charge on any atom is 0.125 e. The van der Waals surface area contributed by atoms with Gasteiger partial charge in [-0.25, -0.2) is 4.39 Å². The van der Waals surface area contributed by atoms with Crippen molar-refractivity contribution in [2.45, 2.75) is 13.0 Å². The standard InChI is InChI=1S/C11H14FN3/c1-15(6-2-5-13)8-9-3-4-10(12)7-11(9)14/h3-4,7H,2,6,8,14H2,1H3. The summed E-state index contributed by atoms with van der Waals surface area (Å²) in [6, 6.07) is 6.45. The SMILES string of the molecule is CN(CCC#N)Cc1ccc(F)cc1N. The maximum absolute atomic E-state index is 12.8. The third kappa shape index (κ3) is 3.56. The number of nitrogen functional groups attached to an aromatic ring is 1. The van der Waals surface area contributed by atoms with Crippen LogP contribution in [0.3, 0.4) is 0 Å². The van der Waals surface area contributed by atoms with Gasteiger partial charge in [-0.1, -0.05) is 6.07 Å². The van der Waals surface area contributed by atoms with Crippen LogP contribution >= 0.6 is 0 Å². The van der Waals surface area contributed by atoms with Crippen LogP contribution in [0.2, 0.25) is 0 Å². The zero-order chi connectivity index (χ0) is 11.3. The Kier molecular flexibility index (Phi) is 4.07. The first-order chi connectivity index (χ1) is 7.13. The molecule has 0 aliphatic carbocycles. The lowest BCUT2D eigenvalue weighted by molar-refractivity contribution is 0.335. The van der Waals surface area contributed by atoms with Gasteiger partial charge in [0.25, 0.3) is 0 Å². The molecule has 0 amide bonds. The van der Waals surface area contributed by atoms with Crippen molar-refractivity contribution in [2.75, 3.05) is 19.3 Å². The normalized spacial score (nSPS) is 10.3. The van der Waals surface area contributed by atoms with E-state index in [0.29, 0.717) is 25.2 Å². The molecule has 0 saturated carbocycles. The molecule has 0 saturated heterocycles. The Labute approximate surface area is 88.9 Å². The highest BCUT2D eigenvalue weighted by atomic mass is 19.1. The van der Waals surface area contributed by atoms with Crippen LogP contribution in [0.25, 0.3) is 0 Å². The summed E-state index contributed by atoms with van der Waals surface area (Å²) in [7, 11) is 1.90. The van der Waals surface area contributed by atoms with Crippen molar-refractivity contribution in [2.24, 2.45) is 0 Å². The molecule has 1 aromatic rings. The van der Waals surface area contributed by atoms with E-state index in [9.17, 15) is 4.39 Å². The second-order valence-electron chi connectivity index (χ2n) is 3.49. The molecule has 0 spiro atoms. The number of nitrogens with two attached hydrogens (primary N) is 1. The predicted molar refractivity (Wildman–Crippen MR) is 57.4 cm³/mol. The first-order valence-corrected chi connectivity index (χ1v) is 4.73. The molecule has 2 N–H and O–H groups in total. The Morgan fingerprint density at radius 2 is 2.27 bits per heavy atom. The number of benzene rings is 1. The van der Waals surface area contributed by atoms with Gasteiger partial charge in [0.1, 0.15) is 5.82 Å². The van der Waals surface area contributed by atoms with E-state index in [0.717, 1.165) is 5.56 Å². The van der Waals surface area contributed by atoms with Gasteiger partial charge in [-0.15, -0.1) is 0 Å². The molecule has 0 fully saturated rings. The van der Waals surface area contributed by atoms with Gasteiger partial charge < -0.3 is 10.6 Å². The molecule has 0 unspecified atom stereocenters. The molecule has 0 aromatic heterocycles. The number of nitriles is 1. The van der Waals surface area contributed by atoms with Crippen LogP contribution in [0.15, 0.2) is 18.2 Å². The molecular formula is C11H14FN3. The van der Waals surface area contributed by atoms with Crippen LogP contribution in [-0.2, 0) is 6.54 Å². The highest BCUT2D eigenvalue weighted by molar-refractivity contribution is 5.46. The first kappa shape index (κ1) is 11.5. The Morgan fingerprint density at radius 3 is 2.87 bits per heavy atom. The quantitative estimate of drug-likeness (QED) is 0.765. The summed E-state index contributed by atoms with van der Waals surface area (Å²) < 4.78 is 12.8. The van der Waals surface area contributed by atoms with Crippen molar-refractivity contribution in [3.05, 3.63) is 29.6 Å². The van der Waals surface area contributed by atoms with Crippen LogP contribution in [0.5, 0.6) is 0 Å². The number of nitrogens with zero attached hydrogens (tertiary/aromatic N) is 2. The summed E-state index contributed by atoms with van der Waals surface area (Å²) in [6.07, 6.45) is 0.484. The smallest absolute Gasteiger partial charge is 0.125 e. The fraction of sp³-hybridized carbons (Fsp3) is 0.364. The molecule has 0 aliphatic rings. The van der Waals surface area contributed by atoms with Gasteiger partial charge in [-0.05, 0) is 24.7 Å². The molecule has 1 rings (SSSR count). The van der Waals surface area contributed by atoms with E-state index in [-0.39, 0.29) is 5.82 Å². The van der Waals surface area contributed by atoms with Crippen LogP contribution in [0.1, 0.15) is 12.0 Å². The number of halogens is 1. The zero-order valence-electron chi connectivity index (χ0n) is 8.70. The lowest BCUT2D eigenvalue weighted by Gasteiger charge is -2.16. The van der Waals surface area contributed by atoms with Crippen molar-refractivity contribution < 1.29 is 4.39 Å². The molecular weight excluding hydrogens is 193 g/mol. The number of hydrogen-bond donors (Lipinski definition) is 1. The van der Waals surface area contributed by atoms with Gasteiger partial charge in [0.2, 0.25) is 0 Å². The minimum atomic E-state index is -0.323. The Hall–Kier alpha value is -1.60. The van der Waals surface area contributed by atoms with Gasteiger partial charge in [0.05, 0.1) is 6.07 Å². The lowest BCUT2D eigenvalue weighted by Crippen LogP contribution is -2.19. The molecule has 15 heavy (non-hydrogen) atoms. The fourth-order valence-electron chi connectivity index (χ4n) is 1.32. The van der Waals surface area contributed by atoms with Gasteiger partial charge in [-0.2, -0.15) is 5.26 Å². The number of hydrogen-bond acceptors (Lipinski definition) is 3. The second kappa shape index (κ2) is 5.32. The summed E-state index contributed by atoms with van der Waals surface area (Å²) in [5.74, 6) is -0.323. The van der Waals surface area contributed by atoms with Crippen molar-refractivity contribution in [3.63, 3.8) is 0 Å². The van der Waals surface area contributed by atoms with E-state index < -0.39 is 0 Å². The topological polar surface area (TPSA) is 53.0 Å². The van der Waals surface area contributed by atoms with Crippen molar-refractivity contribution in [1.82, 2.24) is 4.90 Å². The average Bonchev–Trinajstić information content (AvgIpc) is 2.19. The summed E-state index contributed by atoms with van der Waals surface area (Å²) in [4.78, 5) is 1.98. The van der Waals surface area contributed by atoms with E-state index >= 15 is 0 Å². The van der Waals surface area contributed by atoms with E-state index in [1.807, 2.05) is 11.9 Å². The summed E-state index contributed by atoms with van der Waals surface area (Å²) >= 11 is 0. The van der Waals surface area contributed by atoms with Crippen molar-refractivity contribution in [1.29, 1.82) is 5.26 Å². The lowest BCUT2D eigenvalue weighted by atomic mass is 10.1. The highest BCUT2D eigenvalue weighted by Crippen LogP contribution is 2.14. The molecule has 80 valence electrons. The molecule has 0 aliphatic heterocycles. The van der Waals surface area contributed by atoms with Crippen molar-refractivity contribution in [3.8, 4) is 6.07 Å². The summed E-state index contributed by atoms with van der Waals surface area (Å²) in [5, 5.41) is 8.42. The van der Waals surface area contributed by atoms with E-state index in [1.54, 1.807) is 6.07 Å². The van der Waals surface area contributed by atoms with E-state index in [1.165, 1.54) is 12.1 Å².